The van der Waals surface area contributed by atoms with E-state index in [1.807, 2.05) is 25.5 Å². The Labute approximate surface area is 185 Å². The minimum Gasteiger partial charge on any atom is -0.478 e. The highest BCUT2D eigenvalue weighted by Gasteiger charge is 2.21. The van der Waals surface area contributed by atoms with Crippen LogP contribution in [0.2, 0.25) is 0 Å². The lowest BCUT2D eigenvalue weighted by molar-refractivity contribution is 0.0697. The maximum atomic E-state index is 12.4. The summed E-state index contributed by atoms with van der Waals surface area (Å²) in [6.45, 7) is 7.34. The van der Waals surface area contributed by atoms with Crippen LogP contribution in [0.15, 0.2) is 34.0 Å². The van der Waals surface area contributed by atoms with Crippen LogP contribution in [0, 0.1) is 13.8 Å². The summed E-state index contributed by atoms with van der Waals surface area (Å²) in [6, 6.07) is 4.40. The number of sulfonamides is 1. The predicted octanol–water partition coefficient (Wildman–Crippen LogP) is 3.15. The quantitative estimate of drug-likeness (QED) is 0.500. The van der Waals surface area contributed by atoms with Crippen LogP contribution >= 0.6 is 11.3 Å². The summed E-state index contributed by atoms with van der Waals surface area (Å²) in [4.78, 5) is 17.8. The number of rotatable bonds is 9. The van der Waals surface area contributed by atoms with Gasteiger partial charge in [0.2, 0.25) is 0 Å². The van der Waals surface area contributed by atoms with Crippen LogP contribution in [0.3, 0.4) is 0 Å². The number of nitrogens with one attached hydrogen (secondary N) is 1. The van der Waals surface area contributed by atoms with Crippen molar-refractivity contribution in [1.82, 2.24) is 14.8 Å². The number of carboxylic acid groups (broad SMARTS) is 1. The molecule has 0 bridgehead atoms. The summed E-state index contributed by atoms with van der Waals surface area (Å²) < 4.78 is 29.3. The Hall–Kier alpha value is -2.92. The minimum atomic E-state index is -3.79. The molecule has 9 nitrogen and oxygen atoms in total. The molecule has 0 atom stereocenters. The lowest BCUT2D eigenvalue weighted by atomic mass is 10.1. The number of aryl methyl sites for hydroxylation is 2. The molecule has 0 aromatic carbocycles. The van der Waals surface area contributed by atoms with E-state index in [0.717, 1.165) is 34.8 Å². The molecule has 0 unspecified atom stereocenters. The van der Waals surface area contributed by atoms with E-state index in [2.05, 4.69) is 14.8 Å². The molecule has 0 amide bonds. The Kier molecular flexibility index (Phi) is 6.65. The van der Waals surface area contributed by atoms with E-state index in [1.165, 1.54) is 18.3 Å². The Bertz CT molecular complexity index is 1190. The van der Waals surface area contributed by atoms with Crippen molar-refractivity contribution in [2.24, 2.45) is 0 Å². The molecule has 0 radical (unpaired) electrons. The number of aromatic carboxylic acids is 1. The number of thiophene rings is 1. The highest BCUT2D eigenvalue weighted by molar-refractivity contribution is 7.94. The van der Waals surface area contributed by atoms with E-state index in [4.69, 9.17) is 0 Å². The Morgan fingerprint density at radius 1 is 1.35 bits per heavy atom. The average Bonchev–Trinajstić information content (AvgIpc) is 3.35. The third kappa shape index (κ3) is 4.88. The topological polar surface area (TPSA) is 117 Å². The van der Waals surface area contributed by atoms with Gasteiger partial charge in [-0.1, -0.05) is 6.07 Å². The lowest BCUT2D eigenvalue weighted by Gasteiger charge is -2.21. The fourth-order valence-electron chi connectivity index (χ4n) is 3.39. The van der Waals surface area contributed by atoms with Gasteiger partial charge in [-0.25, -0.2) is 18.2 Å². The van der Waals surface area contributed by atoms with Crippen LogP contribution in [-0.2, 0) is 23.0 Å². The van der Waals surface area contributed by atoms with Crippen molar-refractivity contribution < 1.29 is 18.3 Å². The highest BCUT2D eigenvalue weighted by Crippen LogP contribution is 2.25. The summed E-state index contributed by atoms with van der Waals surface area (Å²) in [6.07, 6.45) is 2.01. The molecule has 3 rings (SSSR count). The van der Waals surface area contributed by atoms with Crippen LogP contribution in [-0.4, -0.2) is 47.9 Å². The maximum absolute atomic E-state index is 12.4. The van der Waals surface area contributed by atoms with Gasteiger partial charge in [0.05, 0.1) is 17.6 Å². The van der Waals surface area contributed by atoms with Crippen LogP contribution < -0.4 is 9.62 Å². The number of carboxylic acids is 1. The van der Waals surface area contributed by atoms with Crippen molar-refractivity contribution in [3.8, 4) is 0 Å². The normalized spacial score (nSPS) is 11.5. The summed E-state index contributed by atoms with van der Waals surface area (Å²) in [5.74, 6) is -0.914. The fourth-order valence-corrected chi connectivity index (χ4v) is 5.41. The molecular formula is C20H25N5O4S2. The van der Waals surface area contributed by atoms with Gasteiger partial charge in [0.1, 0.15) is 15.6 Å². The molecular weight excluding hydrogens is 438 g/mol. The van der Waals surface area contributed by atoms with Crippen molar-refractivity contribution in [3.63, 3.8) is 0 Å². The number of aromatic nitrogens is 3. The summed E-state index contributed by atoms with van der Waals surface area (Å²) in [5.41, 5.74) is 3.20. The molecule has 0 saturated heterocycles. The molecule has 3 heterocycles. The Morgan fingerprint density at radius 2 is 2.10 bits per heavy atom. The van der Waals surface area contributed by atoms with E-state index in [0.29, 0.717) is 13.0 Å². The van der Waals surface area contributed by atoms with E-state index in [1.54, 1.807) is 23.4 Å². The van der Waals surface area contributed by atoms with Gasteiger partial charge in [-0.3, -0.25) is 9.40 Å². The molecule has 0 aliphatic heterocycles. The van der Waals surface area contributed by atoms with Gasteiger partial charge in [0, 0.05) is 25.8 Å². The smallest absolute Gasteiger partial charge is 0.339 e. The van der Waals surface area contributed by atoms with Gasteiger partial charge in [-0.2, -0.15) is 5.10 Å². The number of carbonyl (C=O) groups is 1. The summed E-state index contributed by atoms with van der Waals surface area (Å²) in [5, 5.41) is 15.8. The van der Waals surface area contributed by atoms with Crippen molar-refractivity contribution in [2.75, 3.05) is 23.2 Å². The first kappa shape index (κ1) is 22.8. The van der Waals surface area contributed by atoms with Crippen LogP contribution in [0.4, 0.5) is 11.5 Å². The molecule has 3 aromatic heterocycles. The minimum absolute atomic E-state index is 0.0772. The summed E-state index contributed by atoms with van der Waals surface area (Å²) >= 11 is 1.08. The lowest BCUT2D eigenvalue weighted by Crippen LogP contribution is -2.24. The molecule has 2 N–H and O–H groups in total. The Morgan fingerprint density at radius 3 is 2.68 bits per heavy atom. The number of nitrogens with zero attached hydrogens (tertiary/aromatic N) is 4. The first-order chi connectivity index (χ1) is 14.6. The number of likely N-dealkylation sites (N-methyl/N-ethyl adjacent to an activating group) is 1. The fraction of sp³-hybridized carbons (Fsp3) is 0.350. The molecule has 0 aliphatic carbocycles. The highest BCUT2D eigenvalue weighted by atomic mass is 32.2. The zero-order chi connectivity index (χ0) is 22.8. The maximum Gasteiger partial charge on any atom is 0.339 e. The zero-order valence-corrected chi connectivity index (χ0v) is 19.4. The monoisotopic (exact) mass is 463 g/mol. The van der Waals surface area contributed by atoms with E-state index in [-0.39, 0.29) is 21.3 Å². The van der Waals surface area contributed by atoms with Gasteiger partial charge in [-0.05, 0) is 50.3 Å². The summed E-state index contributed by atoms with van der Waals surface area (Å²) in [7, 11) is -2.03. The second-order valence-electron chi connectivity index (χ2n) is 7.07. The van der Waals surface area contributed by atoms with Crippen molar-refractivity contribution in [3.05, 3.63) is 52.3 Å². The SMILES string of the molecule is CCn1nc(C)c(CCN(C)c2ncc(NS(=O)(=O)c3cccs3)cc2C(=O)O)c1C. The van der Waals surface area contributed by atoms with Gasteiger partial charge in [0.25, 0.3) is 10.0 Å². The molecule has 166 valence electrons. The van der Waals surface area contributed by atoms with Crippen LogP contribution in [0.5, 0.6) is 0 Å². The van der Waals surface area contributed by atoms with E-state index < -0.39 is 16.0 Å². The third-order valence-electron chi connectivity index (χ3n) is 5.00. The van der Waals surface area contributed by atoms with Gasteiger partial charge < -0.3 is 10.0 Å². The number of anilines is 2. The van der Waals surface area contributed by atoms with Crippen molar-refractivity contribution in [2.45, 2.75) is 37.9 Å². The average molecular weight is 464 g/mol. The van der Waals surface area contributed by atoms with Crippen LogP contribution in [0.25, 0.3) is 0 Å². The molecule has 0 aliphatic rings. The Balaban J connectivity index is 1.81. The number of pyridine rings is 1. The van der Waals surface area contributed by atoms with Gasteiger partial charge >= 0.3 is 5.97 Å². The third-order valence-corrected chi connectivity index (χ3v) is 7.78. The zero-order valence-electron chi connectivity index (χ0n) is 17.8. The van der Waals surface area contributed by atoms with Gasteiger partial charge in [0.15, 0.2) is 0 Å². The first-order valence-corrected chi connectivity index (χ1v) is 12.0. The first-order valence-electron chi connectivity index (χ1n) is 9.67. The standard InChI is InChI=1S/C20H25N5O4S2/c1-5-25-14(3)16(13(2)22-25)8-9-24(4)19-17(20(26)27)11-15(12-21-19)23-31(28,29)18-7-6-10-30-18/h6-7,10-12,23H,5,8-9H2,1-4H3,(H,26,27). The van der Waals surface area contributed by atoms with Crippen molar-refractivity contribution in [1.29, 1.82) is 0 Å². The largest absolute Gasteiger partial charge is 0.478 e. The van der Waals surface area contributed by atoms with E-state index in [9.17, 15) is 18.3 Å². The second kappa shape index (κ2) is 9.06. The molecule has 11 heteroatoms. The molecule has 0 spiro atoms. The molecule has 0 fully saturated rings. The van der Waals surface area contributed by atoms with Crippen LogP contribution in [0.1, 0.15) is 34.2 Å². The number of hydrogen-bond donors (Lipinski definition) is 2. The van der Waals surface area contributed by atoms with Crippen molar-refractivity contribution >= 4 is 38.8 Å². The van der Waals surface area contributed by atoms with Gasteiger partial charge in [-0.15, -0.1) is 11.3 Å². The molecule has 0 saturated carbocycles. The predicted molar refractivity (Wildman–Crippen MR) is 121 cm³/mol. The molecule has 3 aromatic rings. The molecule has 31 heavy (non-hydrogen) atoms. The number of hydrogen-bond acceptors (Lipinski definition) is 7. The van der Waals surface area contributed by atoms with E-state index >= 15 is 0 Å². The second-order valence-corrected chi connectivity index (χ2v) is 9.93.